The zero-order valence-corrected chi connectivity index (χ0v) is 12.5. The minimum atomic E-state index is -0.334. The molecule has 0 saturated carbocycles. The van der Waals surface area contributed by atoms with Crippen LogP contribution >= 0.6 is 0 Å². The first-order valence-corrected chi connectivity index (χ1v) is 7.19. The number of benzene rings is 2. The van der Waals surface area contributed by atoms with E-state index in [0.29, 0.717) is 6.54 Å². The average molecular weight is 290 g/mol. The molecule has 0 aliphatic heterocycles. The van der Waals surface area contributed by atoms with Crippen LogP contribution < -0.4 is 5.32 Å². The molecule has 0 fully saturated rings. The Morgan fingerprint density at radius 2 is 1.82 bits per heavy atom. The number of carbonyl (C=O) groups excluding carboxylic acids is 1. The molecule has 110 valence electrons. The lowest BCUT2D eigenvalue weighted by molar-refractivity contribution is -0.117. The third kappa shape index (κ3) is 4.60. The van der Waals surface area contributed by atoms with Gasteiger partial charge in [0.2, 0.25) is 0 Å². The van der Waals surface area contributed by atoms with Gasteiger partial charge in [0.05, 0.1) is 0 Å². The fourth-order valence-corrected chi connectivity index (χ4v) is 2.04. The highest BCUT2D eigenvalue weighted by molar-refractivity contribution is 6.01. The van der Waals surface area contributed by atoms with Crippen LogP contribution in [0.25, 0.3) is 6.08 Å². The topological polar surface area (TPSA) is 52.9 Å². The summed E-state index contributed by atoms with van der Waals surface area (Å²) in [5, 5.41) is 11.9. The molecule has 3 heteroatoms. The van der Waals surface area contributed by atoms with Gasteiger partial charge in [-0.1, -0.05) is 60.2 Å². The van der Waals surface area contributed by atoms with Crippen molar-refractivity contribution >= 4 is 12.0 Å². The molecule has 0 aliphatic carbocycles. The molecule has 0 heterocycles. The molecular formula is C19H18N2O. The highest BCUT2D eigenvalue weighted by Gasteiger charge is 2.08. The molecule has 0 spiro atoms. The summed E-state index contributed by atoms with van der Waals surface area (Å²) in [5.74, 6) is -0.334. The van der Waals surface area contributed by atoms with Crippen LogP contribution in [0.4, 0.5) is 0 Å². The molecule has 0 aromatic heterocycles. The van der Waals surface area contributed by atoms with Crippen molar-refractivity contribution in [2.45, 2.75) is 13.3 Å². The number of nitriles is 1. The molecule has 0 bridgehead atoms. The number of rotatable bonds is 5. The Bertz CT molecular complexity index is 694. The normalized spacial score (nSPS) is 10.8. The number of carbonyl (C=O) groups is 1. The molecule has 2 aromatic carbocycles. The van der Waals surface area contributed by atoms with Crippen molar-refractivity contribution in [2.75, 3.05) is 6.54 Å². The van der Waals surface area contributed by atoms with E-state index in [9.17, 15) is 4.79 Å². The lowest BCUT2D eigenvalue weighted by Crippen LogP contribution is -2.26. The second kappa shape index (κ2) is 7.80. The van der Waals surface area contributed by atoms with E-state index in [2.05, 4.69) is 5.32 Å². The van der Waals surface area contributed by atoms with Gasteiger partial charge in [0.25, 0.3) is 5.91 Å². The van der Waals surface area contributed by atoms with Gasteiger partial charge in [0.15, 0.2) is 0 Å². The Balaban J connectivity index is 1.94. The summed E-state index contributed by atoms with van der Waals surface area (Å²) in [6.07, 6.45) is 2.35. The van der Waals surface area contributed by atoms with E-state index in [4.69, 9.17) is 5.26 Å². The zero-order valence-electron chi connectivity index (χ0n) is 12.5. The van der Waals surface area contributed by atoms with Crippen molar-refractivity contribution in [1.29, 1.82) is 5.26 Å². The van der Waals surface area contributed by atoms with Crippen molar-refractivity contribution in [3.63, 3.8) is 0 Å². The van der Waals surface area contributed by atoms with Crippen molar-refractivity contribution in [1.82, 2.24) is 5.32 Å². The molecule has 2 aromatic rings. The second-order valence-electron chi connectivity index (χ2n) is 5.07. The average Bonchev–Trinajstić information content (AvgIpc) is 2.55. The fraction of sp³-hybridized carbons (Fsp3) is 0.158. The number of amides is 1. The van der Waals surface area contributed by atoms with E-state index in [-0.39, 0.29) is 11.5 Å². The van der Waals surface area contributed by atoms with E-state index in [1.165, 1.54) is 0 Å². The summed E-state index contributed by atoms with van der Waals surface area (Å²) in [7, 11) is 0. The van der Waals surface area contributed by atoms with Gasteiger partial charge in [-0.25, -0.2) is 0 Å². The first kappa shape index (κ1) is 15.5. The second-order valence-corrected chi connectivity index (χ2v) is 5.07. The zero-order chi connectivity index (χ0) is 15.8. The lowest BCUT2D eigenvalue weighted by atomic mass is 10.1. The van der Waals surface area contributed by atoms with E-state index in [1.54, 1.807) is 6.08 Å². The van der Waals surface area contributed by atoms with E-state index in [0.717, 1.165) is 23.1 Å². The Morgan fingerprint density at radius 3 is 2.45 bits per heavy atom. The van der Waals surface area contributed by atoms with Crippen LogP contribution in [-0.2, 0) is 11.2 Å². The van der Waals surface area contributed by atoms with Crippen LogP contribution in [0, 0.1) is 18.3 Å². The first-order valence-electron chi connectivity index (χ1n) is 7.19. The highest BCUT2D eigenvalue weighted by Crippen LogP contribution is 2.08. The van der Waals surface area contributed by atoms with E-state index >= 15 is 0 Å². The largest absolute Gasteiger partial charge is 0.351 e. The van der Waals surface area contributed by atoms with Gasteiger partial charge in [-0.2, -0.15) is 5.26 Å². The minimum Gasteiger partial charge on any atom is -0.351 e. The fourth-order valence-electron chi connectivity index (χ4n) is 2.04. The molecule has 1 amide bonds. The summed E-state index contributed by atoms with van der Waals surface area (Å²) in [6.45, 7) is 2.50. The molecule has 0 radical (unpaired) electrons. The smallest absolute Gasteiger partial charge is 0.261 e. The lowest BCUT2D eigenvalue weighted by Gasteiger charge is -2.04. The summed E-state index contributed by atoms with van der Waals surface area (Å²) in [5.41, 5.74) is 3.27. The maximum absolute atomic E-state index is 12.0. The number of nitrogens with zero attached hydrogens (tertiary/aromatic N) is 1. The molecule has 22 heavy (non-hydrogen) atoms. The SMILES string of the molecule is Cc1ccc(/C=C(/C#N)C(=O)NCCc2ccccc2)cc1. The molecule has 1 N–H and O–H groups in total. The van der Waals surface area contributed by atoms with Gasteiger partial charge in [0.1, 0.15) is 11.6 Å². The standard InChI is InChI=1S/C19H18N2O/c1-15-7-9-17(10-8-15)13-18(14-20)19(22)21-12-11-16-5-3-2-4-6-16/h2-10,13H,11-12H2,1H3,(H,21,22)/b18-13-. The van der Waals surface area contributed by atoms with Crippen LogP contribution in [0.5, 0.6) is 0 Å². The maximum atomic E-state index is 12.0. The number of aryl methyl sites for hydroxylation is 1. The van der Waals surface area contributed by atoms with Crippen LogP contribution in [-0.4, -0.2) is 12.5 Å². The summed E-state index contributed by atoms with van der Waals surface area (Å²) in [4.78, 5) is 12.0. The third-order valence-corrected chi connectivity index (χ3v) is 3.30. The highest BCUT2D eigenvalue weighted by atomic mass is 16.1. The predicted octanol–water partition coefficient (Wildman–Crippen LogP) is 3.26. The number of hydrogen-bond acceptors (Lipinski definition) is 2. The molecule has 0 unspecified atom stereocenters. The molecule has 0 saturated heterocycles. The van der Waals surface area contributed by atoms with E-state index < -0.39 is 0 Å². The van der Waals surface area contributed by atoms with Gasteiger partial charge in [-0.15, -0.1) is 0 Å². The molecule has 0 atom stereocenters. The van der Waals surface area contributed by atoms with Crippen LogP contribution in [0.2, 0.25) is 0 Å². The van der Waals surface area contributed by atoms with Gasteiger partial charge in [0, 0.05) is 6.54 Å². The van der Waals surface area contributed by atoms with Crippen molar-refractivity contribution in [2.24, 2.45) is 0 Å². The molecule has 3 nitrogen and oxygen atoms in total. The number of hydrogen-bond donors (Lipinski definition) is 1. The Morgan fingerprint density at radius 1 is 1.14 bits per heavy atom. The quantitative estimate of drug-likeness (QED) is 0.679. The predicted molar refractivity (Wildman–Crippen MR) is 87.9 cm³/mol. The maximum Gasteiger partial charge on any atom is 0.261 e. The van der Waals surface area contributed by atoms with Gasteiger partial charge in [-0.05, 0) is 30.5 Å². The molecule has 2 rings (SSSR count). The Hall–Kier alpha value is -2.86. The van der Waals surface area contributed by atoms with Gasteiger partial charge < -0.3 is 5.32 Å². The van der Waals surface area contributed by atoms with Crippen molar-refractivity contribution in [3.05, 3.63) is 76.9 Å². The monoisotopic (exact) mass is 290 g/mol. The summed E-state index contributed by atoms with van der Waals surface area (Å²) >= 11 is 0. The van der Waals surface area contributed by atoms with Gasteiger partial charge >= 0.3 is 0 Å². The van der Waals surface area contributed by atoms with Crippen LogP contribution in [0.15, 0.2) is 60.2 Å². The Kier molecular flexibility index (Phi) is 5.50. The molecule has 0 aliphatic rings. The van der Waals surface area contributed by atoms with Crippen molar-refractivity contribution < 1.29 is 4.79 Å². The third-order valence-electron chi connectivity index (χ3n) is 3.30. The van der Waals surface area contributed by atoms with Gasteiger partial charge in [-0.3, -0.25) is 4.79 Å². The molecular weight excluding hydrogens is 272 g/mol. The first-order chi connectivity index (χ1) is 10.7. The van der Waals surface area contributed by atoms with Crippen LogP contribution in [0.1, 0.15) is 16.7 Å². The Labute approximate surface area is 130 Å². The summed E-state index contributed by atoms with van der Waals surface area (Å²) < 4.78 is 0. The van der Waals surface area contributed by atoms with Crippen LogP contribution in [0.3, 0.4) is 0 Å². The van der Waals surface area contributed by atoms with Crippen molar-refractivity contribution in [3.8, 4) is 6.07 Å². The van der Waals surface area contributed by atoms with E-state index in [1.807, 2.05) is 67.6 Å². The minimum absolute atomic E-state index is 0.122. The number of nitrogens with one attached hydrogen (secondary N) is 1. The summed E-state index contributed by atoms with van der Waals surface area (Å²) in [6, 6.07) is 19.6.